The normalized spacial score (nSPS) is 12.0. The third kappa shape index (κ3) is 3.96. The van der Waals surface area contributed by atoms with Crippen LogP contribution in [0.4, 0.5) is 0 Å². The van der Waals surface area contributed by atoms with Crippen LogP contribution in [0.3, 0.4) is 0 Å². The molecule has 0 aliphatic rings. The minimum absolute atomic E-state index is 0.581. The van der Waals surface area contributed by atoms with E-state index in [1.807, 2.05) is 18.7 Å². The SMILES string of the molecule is C=C(CC)CSc1cn(CC(=CC)CCl)c2ccccc12. The Bertz CT molecular complexity index is 654. The number of halogens is 1. The first-order chi connectivity index (χ1) is 10.2. The van der Waals surface area contributed by atoms with Crippen molar-refractivity contribution in [2.24, 2.45) is 0 Å². The van der Waals surface area contributed by atoms with Gasteiger partial charge in [-0.3, -0.25) is 0 Å². The molecule has 0 unspecified atom stereocenters. The maximum Gasteiger partial charge on any atom is 0.0495 e. The first kappa shape index (κ1) is 16.3. The molecule has 0 radical (unpaired) electrons. The van der Waals surface area contributed by atoms with Gasteiger partial charge in [-0.25, -0.2) is 0 Å². The lowest BCUT2D eigenvalue weighted by Gasteiger charge is -2.06. The van der Waals surface area contributed by atoms with Crippen LogP contribution in [0, 0.1) is 0 Å². The van der Waals surface area contributed by atoms with E-state index in [-0.39, 0.29) is 0 Å². The van der Waals surface area contributed by atoms with Gasteiger partial charge in [-0.15, -0.1) is 23.4 Å². The van der Waals surface area contributed by atoms with Gasteiger partial charge < -0.3 is 4.57 Å². The van der Waals surface area contributed by atoms with Gasteiger partial charge in [-0.2, -0.15) is 0 Å². The lowest BCUT2D eigenvalue weighted by atomic mass is 10.2. The van der Waals surface area contributed by atoms with Crippen LogP contribution in [0.25, 0.3) is 10.9 Å². The fourth-order valence-corrected chi connectivity index (χ4v) is 3.50. The van der Waals surface area contributed by atoms with Gasteiger partial charge in [-0.1, -0.05) is 43.4 Å². The molecule has 0 N–H and O–H groups in total. The summed E-state index contributed by atoms with van der Waals surface area (Å²) in [5.74, 6) is 1.56. The average molecular weight is 320 g/mol. The molecule has 21 heavy (non-hydrogen) atoms. The second kappa shape index (κ2) is 7.77. The number of aromatic nitrogens is 1. The number of alkyl halides is 1. The van der Waals surface area contributed by atoms with Crippen LogP contribution in [0.15, 0.2) is 59.2 Å². The number of thioether (sulfide) groups is 1. The number of benzene rings is 1. The molecule has 1 heterocycles. The second-order valence-electron chi connectivity index (χ2n) is 5.11. The Kier molecular flexibility index (Phi) is 6.01. The maximum atomic E-state index is 6.00. The van der Waals surface area contributed by atoms with Crippen molar-refractivity contribution >= 4 is 34.3 Å². The van der Waals surface area contributed by atoms with Crippen molar-refractivity contribution in [2.45, 2.75) is 31.7 Å². The van der Waals surface area contributed by atoms with Crippen LogP contribution in [-0.2, 0) is 6.54 Å². The number of nitrogens with zero attached hydrogens (tertiary/aromatic N) is 1. The summed E-state index contributed by atoms with van der Waals surface area (Å²) in [6.45, 7) is 9.16. The molecular formula is C18H22ClNS. The van der Waals surface area contributed by atoms with Crippen LogP contribution in [0.2, 0.25) is 0 Å². The molecule has 2 rings (SSSR count). The Morgan fingerprint density at radius 3 is 2.81 bits per heavy atom. The lowest BCUT2D eigenvalue weighted by Crippen LogP contribution is -2.00. The molecule has 2 aromatic rings. The van der Waals surface area contributed by atoms with Gasteiger partial charge in [0.05, 0.1) is 0 Å². The van der Waals surface area contributed by atoms with Crippen LogP contribution >= 0.6 is 23.4 Å². The van der Waals surface area contributed by atoms with Crippen molar-refractivity contribution in [1.82, 2.24) is 4.57 Å². The van der Waals surface area contributed by atoms with E-state index >= 15 is 0 Å². The number of fused-ring (bicyclic) bond motifs is 1. The third-order valence-electron chi connectivity index (χ3n) is 3.64. The standard InChI is InChI=1S/C18H22ClNS/c1-4-14(3)13-21-18-12-20(11-15(5-2)10-19)17-9-7-6-8-16(17)18/h5-9,12H,3-4,10-11,13H2,1-2H3. The molecule has 0 atom stereocenters. The van der Waals surface area contributed by atoms with E-state index < -0.39 is 0 Å². The molecule has 0 saturated carbocycles. The molecule has 1 aromatic carbocycles. The molecule has 3 heteroatoms. The minimum atomic E-state index is 0.581. The molecular weight excluding hydrogens is 298 g/mol. The van der Waals surface area contributed by atoms with Crippen molar-refractivity contribution in [3.8, 4) is 0 Å². The highest BCUT2D eigenvalue weighted by Crippen LogP contribution is 2.31. The van der Waals surface area contributed by atoms with E-state index in [2.05, 4.69) is 54.6 Å². The Labute approximate surface area is 136 Å². The predicted octanol–water partition coefficient (Wildman–Crippen LogP) is 5.88. The smallest absolute Gasteiger partial charge is 0.0495 e. The van der Waals surface area contributed by atoms with E-state index in [0.29, 0.717) is 5.88 Å². The van der Waals surface area contributed by atoms with Crippen LogP contribution in [0.1, 0.15) is 20.3 Å². The van der Waals surface area contributed by atoms with Gasteiger partial charge in [0.25, 0.3) is 0 Å². The summed E-state index contributed by atoms with van der Waals surface area (Å²) in [5.41, 5.74) is 3.80. The van der Waals surface area contributed by atoms with E-state index in [1.165, 1.54) is 26.9 Å². The fraction of sp³-hybridized carbons (Fsp3) is 0.333. The molecule has 0 spiro atoms. The summed E-state index contributed by atoms with van der Waals surface area (Å²) in [4.78, 5) is 1.32. The highest BCUT2D eigenvalue weighted by molar-refractivity contribution is 7.99. The highest BCUT2D eigenvalue weighted by atomic mass is 35.5. The molecule has 0 aliphatic heterocycles. The quantitative estimate of drug-likeness (QED) is 0.350. The van der Waals surface area contributed by atoms with Gasteiger partial charge in [0.15, 0.2) is 0 Å². The van der Waals surface area contributed by atoms with Crippen LogP contribution in [0.5, 0.6) is 0 Å². The minimum Gasteiger partial charge on any atom is -0.342 e. The van der Waals surface area contributed by atoms with Crippen molar-refractivity contribution in [2.75, 3.05) is 11.6 Å². The second-order valence-corrected chi connectivity index (χ2v) is 6.40. The van der Waals surface area contributed by atoms with Crippen molar-refractivity contribution in [1.29, 1.82) is 0 Å². The molecule has 0 aliphatic carbocycles. The summed E-state index contributed by atoms with van der Waals surface area (Å²) in [7, 11) is 0. The summed E-state index contributed by atoms with van der Waals surface area (Å²) in [6.07, 6.45) is 5.39. The number of hydrogen-bond donors (Lipinski definition) is 0. The van der Waals surface area contributed by atoms with Gasteiger partial charge in [-0.05, 0) is 25.0 Å². The summed E-state index contributed by atoms with van der Waals surface area (Å²) < 4.78 is 2.30. The maximum absolute atomic E-state index is 6.00. The summed E-state index contributed by atoms with van der Waals surface area (Å²) in [5, 5.41) is 1.32. The fourth-order valence-electron chi connectivity index (χ4n) is 2.17. The Morgan fingerprint density at radius 2 is 2.14 bits per heavy atom. The Hall–Kier alpha value is -1.12. The summed E-state index contributed by atoms with van der Waals surface area (Å²) in [6, 6.07) is 8.56. The molecule has 0 saturated heterocycles. The zero-order valence-electron chi connectivity index (χ0n) is 12.7. The molecule has 0 fully saturated rings. The van der Waals surface area contributed by atoms with Crippen molar-refractivity contribution in [3.05, 3.63) is 54.3 Å². The van der Waals surface area contributed by atoms with Gasteiger partial charge in [0, 0.05) is 40.2 Å². The van der Waals surface area contributed by atoms with Crippen molar-refractivity contribution in [3.63, 3.8) is 0 Å². The highest BCUT2D eigenvalue weighted by Gasteiger charge is 2.09. The van der Waals surface area contributed by atoms with Crippen LogP contribution in [-0.4, -0.2) is 16.2 Å². The largest absolute Gasteiger partial charge is 0.342 e. The monoisotopic (exact) mass is 319 g/mol. The summed E-state index contributed by atoms with van der Waals surface area (Å²) >= 11 is 7.87. The number of rotatable bonds is 7. The van der Waals surface area contributed by atoms with Crippen LogP contribution < -0.4 is 0 Å². The molecule has 0 bridgehead atoms. The first-order valence-electron chi connectivity index (χ1n) is 7.27. The van der Waals surface area contributed by atoms with E-state index in [1.54, 1.807) is 0 Å². The van der Waals surface area contributed by atoms with E-state index in [0.717, 1.165) is 18.7 Å². The molecule has 112 valence electrons. The van der Waals surface area contributed by atoms with Gasteiger partial charge in [0.1, 0.15) is 0 Å². The molecule has 1 nitrogen and oxygen atoms in total. The van der Waals surface area contributed by atoms with Gasteiger partial charge >= 0.3 is 0 Å². The lowest BCUT2D eigenvalue weighted by molar-refractivity contribution is 0.813. The molecule has 1 aromatic heterocycles. The Morgan fingerprint density at radius 1 is 1.38 bits per heavy atom. The molecule has 0 amide bonds. The first-order valence-corrected chi connectivity index (χ1v) is 8.79. The van der Waals surface area contributed by atoms with Crippen molar-refractivity contribution < 1.29 is 0 Å². The number of para-hydroxylation sites is 1. The van der Waals surface area contributed by atoms with Gasteiger partial charge in [0.2, 0.25) is 0 Å². The zero-order valence-corrected chi connectivity index (χ0v) is 14.3. The average Bonchev–Trinajstić information content (AvgIpc) is 2.88. The van der Waals surface area contributed by atoms with E-state index in [9.17, 15) is 0 Å². The van der Waals surface area contributed by atoms with E-state index in [4.69, 9.17) is 11.6 Å². The Balaban J connectivity index is 2.32. The number of hydrogen-bond acceptors (Lipinski definition) is 1. The predicted molar refractivity (Wildman–Crippen MR) is 96.6 cm³/mol. The zero-order chi connectivity index (χ0) is 15.2. The number of allylic oxidation sites excluding steroid dienone is 2. The topological polar surface area (TPSA) is 4.93 Å². The third-order valence-corrected chi connectivity index (χ3v) is 5.17.